The summed E-state index contributed by atoms with van der Waals surface area (Å²) in [7, 11) is 0. The van der Waals surface area contributed by atoms with Crippen molar-refractivity contribution in [3.8, 4) is 5.75 Å². The zero-order chi connectivity index (χ0) is 16.3. The molecule has 0 bridgehead atoms. The number of ether oxygens (including phenoxy) is 1. The molecular weight excluding hydrogens is 348 g/mol. The summed E-state index contributed by atoms with van der Waals surface area (Å²) in [5.41, 5.74) is 1.81. The molecule has 0 atom stereocenters. The average Bonchev–Trinajstić information content (AvgIpc) is 2.79. The lowest BCUT2D eigenvalue weighted by Crippen LogP contribution is -2.10. The van der Waals surface area contributed by atoms with E-state index in [1.165, 1.54) is 0 Å². The van der Waals surface area contributed by atoms with Crippen LogP contribution in [0.4, 0.5) is 0 Å². The highest BCUT2D eigenvalue weighted by molar-refractivity contribution is 9.10. The van der Waals surface area contributed by atoms with Crippen LogP contribution in [0.1, 0.15) is 35.6 Å². The summed E-state index contributed by atoms with van der Waals surface area (Å²) < 4.78 is 8.46. The zero-order valence-corrected chi connectivity index (χ0v) is 14.4. The first-order chi connectivity index (χ1) is 10.4. The number of nitrogens with zero attached hydrogens (tertiary/aromatic N) is 2. The maximum atomic E-state index is 11.0. The monoisotopic (exact) mass is 366 g/mol. The summed E-state index contributed by atoms with van der Waals surface area (Å²) in [5, 5.41) is 13.1. The third-order valence-electron chi connectivity index (χ3n) is 3.12. The van der Waals surface area contributed by atoms with E-state index in [9.17, 15) is 4.79 Å². The molecule has 1 N–H and O–H groups in total. The summed E-state index contributed by atoms with van der Waals surface area (Å²) in [6, 6.07) is 7.38. The number of benzene rings is 1. The van der Waals surface area contributed by atoms with Gasteiger partial charge in [-0.3, -0.25) is 4.68 Å². The molecule has 0 fully saturated rings. The molecule has 0 radical (unpaired) electrons. The van der Waals surface area contributed by atoms with Crippen LogP contribution < -0.4 is 4.74 Å². The van der Waals surface area contributed by atoms with E-state index in [0.717, 1.165) is 21.5 Å². The zero-order valence-electron chi connectivity index (χ0n) is 12.8. The number of aromatic nitrogens is 2. The van der Waals surface area contributed by atoms with Gasteiger partial charge >= 0.3 is 5.97 Å². The van der Waals surface area contributed by atoms with Gasteiger partial charge in [0.15, 0.2) is 5.69 Å². The Hall–Kier alpha value is -1.82. The minimum absolute atomic E-state index is 0.0529. The Balaban J connectivity index is 2.28. The number of carboxylic acids is 1. The highest BCUT2D eigenvalue weighted by Gasteiger charge is 2.13. The van der Waals surface area contributed by atoms with Crippen molar-refractivity contribution in [3.05, 3.63) is 45.7 Å². The van der Waals surface area contributed by atoms with Gasteiger partial charge in [0.2, 0.25) is 0 Å². The van der Waals surface area contributed by atoms with Gasteiger partial charge in [-0.15, -0.1) is 0 Å². The average molecular weight is 367 g/mol. The molecule has 0 spiro atoms. The van der Waals surface area contributed by atoms with E-state index in [1.54, 1.807) is 10.7 Å². The van der Waals surface area contributed by atoms with Crippen LogP contribution in [0.2, 0.25) is 0 Å². The summed E-state index contributed by atoms with van der Waals surface area (Å²) >= 11 is 3.46. The lowest BCUT2D eigenvalue weighted by atomic mass is 10.2. The van der Waals surface area contributed by atoms with E-state index >= 15 is 0 Å². The Morgan fingerprint density at radius 2 is 2.14 bits per heavy atom. The van der Waals surface area contributed by atoms with Gasteiger partial charge in [-0.1, -0.05) is 29.8 Å². The molecule has 0 aliphatic rings. The van der Waals surface area contributed by atoms with Crippen molar-refractivity contribution in [3.63, 3.8) is 0 Å². The topological polar surface area (TPSA) is 64.3 Å². The molecule has 5 nitrogen and oxygen atoms in total. The van der Waals surface area contributed by atoms with Crippen LogP contribution in [0.5, 0.6) is 5.75 Å². The van der Waals surface area contributed by atoms with Gasteiger partial charge in [0, 0.05) is 15.7 Å². The van der Waals surface area contributed by atoms with Crippen molar-refractivity contribution >= 4 is 21.9 Å². The molecule has 2 rings (SSSR count). The molecule has 2 aromatic rings. The normalized spacial score (nSPS) is 11.0. The maximum absolute atomic E-state index is 11.0. The smallest absolute Gasteiger partial charge is 0.356 e. The quantitative estimate of drug-likeness (QED) is 0.845. The van der Waals surface area contributed by atoms with E-state index in [4.69, 9.17) is 9.84 Å². The van der Waals surface area contributed by atoms with Crippen LogP contribution in [0.25, 0.3) is 0 Å². The van der Waals surface area contributed by atoms with Gasteiger partial charge in [0.1, 0.15) is 5.75 Å². The predicted octanol–water partition coefficient (Wildman–Crippen LogP) is 3.74. The third-order valence-corrected chi connectivity index (χ3v) is 3.61. The van der Waals surface area contributed by atoms with Crippen LogP contribution in [-0.4, -0.2) is 27.5 Å². The molecular formula is C16H19BrN2O3. The Morgan fingerprint density at radius 3 is 2.73 bits per heavy atom. The molecule has 1 aromatic heterocycles. The van der Waals surface area contributed by atoms with Crippen molar-refractivity contribution in [1.82, 2.24) is 9.78 Å². The number of aryl methyl sites for hydroxylation is 1. The SMILES string of the molecule is Cc1cc(C(=O)O)nn1Cc1cc(Br)ccc1OCC(C)C. The van der Waals surface area contributed by atoms with E-state index in [1.807, 2.05) is 25.1 Å². The number of hydrogen-bond acceptors (Lipinski definition) is 3. The molecule has 118 valence electrons. The Bertz CT molecular complexity index is 680. The van der Waals surface area contributed by atoms with E-state index in [2.05, 4.69) is 34.9 Å². The fourth-order valence-electron chi connectivity index (χ4n) is 2.00. The Labute approximate surface area is 138 Å². The molecule has 0 saturated carbocycles. The first-order valence-corrected chi connectivity index (χ1v) is 7.85. The molecule has 1 heterocycles. The van der Waals surface area contributed by atoms with Gasteiger partial charge in [0.25, 0.3) is 0 Å². The van der Waals surface area contributed by atoms with Crippen LogP contribution in [0.3, 0.4) is 0 Å². The van der Waals surface area contributed by atoms with Gasteiger partial charge in [0.05, 0.1) is 13.2 Å². The first kappa shape index (κ1) is 16.5. The fraction of sp³-hybridized carbons (Fsp3) is 0.375. The molecule has 0 amide bonds. The molecule has 0 saturated heterocycles. The summed E-state index contributed by atoms with van der Waals surface area (Å²) in [6.45, 7) is 7.12. The van der Waals surface area contributed by atoms with Crippen LogP contribution >= 0.6 is 15.9 Å². The van der Waals surface area contributed by atoms with Crippen molar-refractivity contribution in [2.75, 3.05) is 6.61 Å². The van der Waals surface area contributed by atoms with Crippen molar-refractivity contribution in [2.45, 2.75) is 27.3 Å². The first-order valence-electron chi connectivity index (χ1n) is 7.05. The second kappa shape index (κ2) is 6.96. The Morgan fingerprint density at radius 1 is 1.41 bits per heavy atom. The van der Waals surface area contributed by atoms with E-state index in [-0.39, 0.29) is 5.69 Å². The second-order valence-electron chi connectivity index (χ2n) is 5.59. The minimum Gasteiger partial charge on any atom is -0.493 e. The molecule has 0 unspecified atom stereocenters. The number of rotatable bonds is 6. The third kappa shape index (κ3) is 4.10. The summed E-state index contributed by atoms with van der Waals surface area (Å²) in [6.07, 6.45) is 0. The van der Waals surface area contributed by atoms with Crippen LogP contribution in [0, 0.1) is 12.8 Å². The molecule has 22 heavy (non-hydrogen) atoms. The van der Waals surface area contributed by atoms with Gasteiger partial charge in [-0.25, -0.2) is 4.79 Å². The van der Waals surface area contributed by atoms with Gasteiger partial charge < -0.3 is 9.84 Å². The van der Waals surface area contributed by atoms with Crippen molar-refractivity contribution in [2.24, 2.45) is 5.92 Å². The predicted molar refractivity (Wildman–Crippen MR) is 87.5 cm³/mol. The maximum Gasteiger partial charge on any atom is 0.356 e. The lowest BCUT2D eigenvalue weighted by Gasteiger charge is -2.14. The lowest BCUT2D eigenvalue weighted by molar-refractivity contribution is 0.0689. The standard InChI is InChI=1S/C16H19BrN2O3/c1-10(2)9-22-15-5-4-13(17)7-12(15)8-19-11(3)6-14(18-19)16(20)21/h4-7,10H,8-9H2,1-3H3,(H,20,21). The highest BCUT2D eigenvalue weighted by Crippen LogP contribution is 2.25. The van der Waals surface area contributed by atoms with E-state index in [0.29, 0.717) is 19.1 Å². The number of carbonyl (C=O) groups is 1. The van der Waals surface area contributed by atoms with Crippen LogP contribution in [-0.2, 0) is 6.54 Å². The number of aromatic carboxylic acids is 1. The molecule has 6 heteroatoms. The largest absolute Gasteiger partial charge is 0.493 e. The second-order valence-corrected chi connectivity index (χ2v) is 6.51. The highest BCUT2D eigenvalue weighted by atomic mass is 79.9. The minimum atomic E-state index is -1.02. The molecule has 0 aliphatic carbocycles. The Kier molecular flexibility index (Phi) is 5.24. The summed E-state index contributed by atoms with van der Waals surface area (Å²) in [5.74, 6) is 0.206. The van der Waals surface area contributed by atoms with E-state index < -0.39 is 5.97 Å². The number of halogens is 1. The number of hydrogen-bond donors (Lipinski definition) is 1. The molecule has 1 aromatic carbocycles. The van der Waals surface area contributed by atoms with Crippen molar-refractivity contribution in [1.29, 1.82) is 0 Å². The van der Waals surface area contributed by atoms with Gasteiger partial charge in [-0.05, 0) is 37.1 Å². The van der Waals surface area contributed by atoms with Crippen molar-refractivity contribution < 1.29 is 14.6 Å². The fourth-order valence-corrected chi connectivity index (χ4v) is 2.41. The van der Waals surface area contributed by atoms with Gasteiger partial charge in [-0.2, -0.15) is 5.10 Å². The van der Waals surface area contributed by atoms with Crippen LogP contribution in [0.15, 0.2) is 28.7 Å². The summed E-state index contributed by atoms with van der Waals surface area (Å²) in [4.78, 5) is 11.0. The molecule has 0 aliphatic heterocycles. The number of carboxylic acid groups (broad SMARTS) is 1.